The van der Waals surface area contributed by atoms with Gasteiger partial charge in [-0.05, 0) is 24.8 Å². The van der Waals surface area contributed by atoms with Gasteiger partial charge in [-0.1, -0.05) is 19.9 Å². The first-order chi connectivity index (χ1) is 15.8. The summed E-state index contributed by atoms with van der Waals surface area (Å²) in [6.07, 6.45) is 12.2. The third-order valence-corrected chi connectivity index (χ3v) is 7.37. The van der Waals surface area contributed by atoms with Gasteiger partial charge in [-0.3, -0.25) is 9.13 Å². The van der Waals surface area contributed by atoms with Gasteiger partial charge in [0.2, 0.25) is 0 Å². The fraction of sp³-hybridized carbons (Fsp3) is 0.409. The van der Waals surface area contributed by atoms with Crippen LogP contribution in [0.4, 0.5) is 0 Å². The first kappa shape index (κ1) is 19.6. The zero-order chi connectivity index (χ0) is 21.7. The van der Waals surface area contributed by atoms with E-state index >= 15 is 0 Å². The van der Waals surface area contributed by atoms with E-state index in [1.165, 1.54) is 5.57 Å². The molecule has 3 aliphatic heterocycles. The molecule has 9 nitrogen and oxygen atoms in total. The van der Waals surface area contributed by atoms with Gasteiger partial charge in [0.15, 0.2) is 22.5 Å². The molecule has 1 saturated heterocycles. The second-order valence-corrected chi connectivity index (χ2v) is 8.98. The molecule has 3 aliphatic rings. The number of nitrogens with zero attached hydrogens (tertiary/aromatic N) is 8. The molecule has 0 saturated carbocycles. The summed E-state index contributed by atoms with van der Waals surface area (Å²) in [7, 11) is 0. The maximum atomic E-state index is 5.95. The lowest BCUT2D eigenvalue weighted by Gasteiger charge is -2.50. The molecule has 10 heteroatoms. The lowest BCUT2D eigenvalue weighted by molar-refractivity contribution is -0.0460. The summed E-state index contributed by atoms with van der Waals surface area (Å²) in [5.41, 5.74) is 1.91. The fourth-order valence-electron chi connectivity index (χ4n) is 4.90. The number of aliphatic imine (C=N–C) groups is 1. The summed E-state index contributed by atoms with van der Waals surface area (Å²) < 4.78 is 10.1. The van der Waals surface area contributed by atoms with Crippen LogP contribution in [0.15, 0.2) is 46.9 Å². The number of hydrogen-bond acceptors (Lipinski definition) is 8. The van der Waals surface area contributed by atoms with Gasteiger partial charge in [0.25, 0.3) is 0 Å². The summed E-state index contributed by atoms with van der Waals surface area (Å²) in [5, 5.41) is 11.6. The Labute approximate surface area is 189 Å². The average Bonchev–Trinajstić information content (AvgIpc) is 3.59. The molecule has 1 fully saturated rings. The Bertz CT molecular complexity index is 1250. The van der Waals surface area contributed by atoms with Crippen LogP contribution in [0.1, 0.15) is 38.9 Å². The van der Waals surface area contributed by atoms with Crippen LogP contribution >= 0.6 is 11.3 Å². The highest BCUT2D eigenvalue weighted by molar-refractivity contribution is 7.13. The van der Waals surface area contributed by atoms with Crippen molar-refractivity contribution in [3.8, 4) is 10.8 Å². The smallest absolute Gasteiger partial charge is 0.175 e. The zero-order valence-corrected chi connectivity index (χ0v) is 18.9. The van der Waals surface area contributed by atoms with E-state index in [2.05, 4.69) is 54.1 Å². The Kier molecular flexibility index (Phi) is 4.58. The van der Waals surface area contributed by atoms with E-state index < -0.39 is 0 Å². The Hall–Kier alpha value is -3.11. The molecule has 6 heterocycles. The minimum Gasteiger partial charge on any atom is -0.377 e. The van der Waals surface area contributed by atoms with Crippen LogP contribution in [-0.4, -0.2) is 59.8 Å². The molecule has 1 atom stereocenters. The number of amidine groups is 1. The van der Waals surface area contributed by atoms with Gasteiger partial charge in [-0.2, -0.15) is 0 Å². The van der Waals surface area contributed by atoms with Crippen LogP contribution < -0.4 is 0 Å². The van der Waals surface area contributed by atoms with Crippen molar-refractivity contribution in [2.75, 3.05) is 19.8 Å². The van der Waals surface area contributed by atoms with Crippen molar-refractivity contribution in [3.05, 3.63) is 47.8 Å². The lowest BCUT2D eigenvalue weighted by Crippen LogP contribution is -2.60. The van der Waals surface area contributed by atoms with Gasteiger partial charge in [0, 0.05) is 30.5 Å². The molecule has 0 bridgehead atoms. The van der Waals surface area contributed by atoms with E-state index in [9.17, 15) is 0 Å². The molecular weight excluding hydrogens is 424 g/mol. The third kappa shape index (κ3) is 2.69. The zero-order valence-electron chi connectivity index (χ0n) is 18.1. The molecule has 0 spiro atoms. The number of ether oxygens (including phenoxy) is 1. The summed E-state index contributed by atoms with van der Waals surface area (Å²) in [4.78, 5) is 16.8. The van der Waals surface area contributed by atoms with E-state index in [1.54, 1.807) is 17.7 Å². The predicted molar refractivity (Wildman–Crippen MR) is 123 cm³/mol. The Morgan fingerprint density at radius 2 is 2.12 bits per heavy atom. The maximum absolute atomic E-state index is 5.95. The highest BCUT2D eigenvalue weighted by atomic mass is 32.1. The Morgan fingerprint density at radius 1 is 1.19 bits per heavy atom. The molecule has 0 amide bonds. The number of thiazole rings is 1. The molecule has 0 aromatic carbocycles. The first-order valence-corrected chi connectivity index (χ1v) is 11.9. The Morgan fingerprint density at radius 3 is 2.94 bits per heavy atom. The molecule has 164 valence electrons. The van der Waals surface area contributed by atoms with E-state index in [-0.39, 0.29) is 5.54 Å². The molecule has 0 N–H and O–H groups in total. The monoisotopic (exact) mass is 448 g/mol. The van der Waals surface area contributed by atoms with Crippen LogP contribution in [-0.2, 0) is 10.3 Å². The van der Waals surface area contributed by atoms with Gasteiger partial charge < -0.3 is 9.64 Å². The van der Waals surface area contributed by atoms with Gasteiger partial charge in [-0.25, -0.2) is 15.0 Å². The summed E-state index contributed by atoms with van der Waals surface area (Å²) in [5.74, 6) is 3.61. The minimum absolute atomic E-state index is 0.375. The quantitative estimate of drug-likeness (QED) is 0.608. The number of allylic oxidation sites excluding steroid dienone is 2. The largest absolute Gasteiger partial charge is 0.377 e. The van der Waals surface area contributed by atoms with E-state index in [1.807, 2.05) is 24.0 Å². The van der Waals surface area contributed by atoms with E-state index in [0.717, 1.165) is 59.8 Å². The maximum Gasteiger partial charge on any atom is 0.175 e. The van der Waals surface area contributed by atoms with Gasteiger partial charge >= 0.3 is 0 Å². The van der Waals surface area contributed by atoms with Gasteiger partial charge in [0.05, 0.1) is 18.9 Å². The topological polar surface area (TPSA) is 86.2 Å². The Balaban J connectivity index is 1.57. The van der Waals surface area contributed by atoms with E-state index in [0.29, 0.717) is 13.2 Å². The normalized spacial score (nSPS) is 22.6. The second-order valence-electron chi connectivity index (χ2n) is 8.08. The van der Waals surface area contributed by atoms with Gasteiger partial charge in [0.1, 0.15) is 17.7 Å². The standard InChI is InChI=1S/C22H24N8OS/c1-3-15-5-6-16-18(26-17(15)28-9-7-23-19(28)20-24-8-12-32-20)30-10-11-31-13-22(30,4-2)21-27-25-14-29(16)21/h6-9,12,14H,3-5,10-11,13H2,1-2H3. The molecule has 0 radical (unpaired) electrons. The van der Waals surface area contributed by atoms with Crippen LogP contribution in [0.25, 0.3) is 22.4 Å². The average molecular weight is 449 g/mol. The minimum atomic E-state index is -0.375. The summed E-state index contributed by atoms with van der Waals surface area (Å²) in [6.45, 7) is 6.35. The fourth-order valence-corrected chi connectivity index (χ4v) is 5.53. The first-order valence-electron chi connectivity index (χ1n) is 11.0. The highest BCUT2D eigenvalue weighted by Gasteiger charge is 2.50. The third-order valence-electron chi connectivity index (χ3n) is 6.60. The van der Waals surface area contributed by atoms with Crippen LogP contribution in [0, 0.1) is 0 Å². The number of morpholine rings is 1. The second kappa shape index (κ2) is 7.49. The van der Waals surface area contributed by atoms with Crippen molar-refractivity contribution in [2.24, 2.45) is 4.99 Å². The van der Waals surface area contributed by atoms with Crippen molar-refractivity contribution >= 4 is 28.7 Å². The molecule has 32 heavy (non-hydrogen) atoms. The highest BCUT2D eigenvalue weighted by Crippen LogP contribution is 2.42. The van der Waals surface area contributed by atoms with Crippen LogP contribution in [0.2, 0.25) is 0 Å². The number of fused-ring (bicyclic) bond motifs is 6. The van der Waals surface area contributed by atoms with Crippen molar-refractivity contribution in [2.45, 2.75) is 38.6 Å². The van der Waals surface area contributed by atoms with Crippen molar-refractivity contribution < 1.29 is 4.74 Å². The number of aromatic nitrogens is 6. The molecule has 3 aromatic rings. The number of rotatable bonds is 4. The number of imidazole rings is 1. The summed E-state index contributed by atoms with van der Waals surface area (Å²) >= 11 is 1.58. The van der Waals surface area contributed by atoms with Gasteiger partial charge in [-0.15, -0.1) is 21.5 Å². The predicted octanol–water partition coefficient (Wildman–Crippen LogP) is 3.47. The SMILES string of the molecule is CCC1=C(n2ccnc2-c2nccs2)N=C2C(=CC1)n1cnnc1C1(CC)COCCN21. The molecule has 1 unspecified atom stereocenters. The van der Waals surface area contributed by atoms with Crippen LogP contribution in [0.3, 0.4) is 0 Å². The molecule has 6 rings (SSSR count). The molecular formula is C22H24N8OS. The van der Waals surface area contributed by atoms with E-state index in [4.69, 9.17) is 9.73 Å². The number of hydrogen-bond donors (Lipinski definition) is 0. The lowest BCUT2D eigenvalue weighted by atomic mass is 9.89. The van der Waals surface area contributed by atoms with Crippen molar-refractivity contribution in [1.82, 2.24) is 34.2 Å². The molecule has 0 aliphatic carbocycles. The molecule has 3 aromatic heterocycles. The summed E-state index contributed by atoms with van der Waals surface area (Å²) in [6, 6.07) is 0. The van der Waals surface area contributed by atoms with Crippen LogP contribution in [0.5, 0.6) is 0 Å². The van der Waals surface area contributed by atoms with Crippen molar-refractivity contribution in [1.29, 1.82) is 0 Å². The van der Waals surface area contributed by atoms with Crippen molar-refractivity contribution in [3.63, 3.8) is 0 Å².